The molecule has 326 valence electrons. The van der Waals surface area contributed by atoms with Crippen molar-refractivity contribution in [1.82, 2.24) is 21.3 Å². The second-order valence-electron chi connectivity index (χ2n) is 16.3. The maximum atomic E-state index is 14.5. The Hall–Kier alpha value is -4.72. The number of rotatable bonds is 25. The van der Waals surface area contributed by atoms with Crippen LogP contribution in [0.15, 0.2) is 91.0 Å². The monoisotopic (exact) mass is 848 g/mol. The Morgan fingerprint density at radius 2 is 1.10 bits per heavy atom. The number of hydrogen-bond donors (Lipinski definition) is 4. The first-order valence-corrected chi connectivity index (χ1v) is 22.0. The summed E-state index contributed by atoms with van der Waals surface area (Å²) in [6.07, 6.45) is -0.192. The molecule has 14 nitrogen and oxygen atoms in total. The van der Waals surface area contributed by atoms with Crippen LogP contribution in [0.2, 0.25) is 0 Å². The highest BCUT2D eigenvalue weighted by Gasteiger charge is 2.50. The molecule has 60 heavy (non-hydrogen) atoms. The molecule has 0 aromatic heterocycles. The Morgan fingerprint density at radius 1 is 0.650 bits per heavy atom. The van der Waals surface area contributed by atoms with Crippen LogP contribution in [0.4, 0.5) is 0 Å². The third-order valence-corrected chi connectivity index (χ3v) is 11.3. The number of benzene rings is 3. The van der Waals surface area contributed by atoms with Gasteiger partial charge >= 0.3 is 7.82 Å². The van der Waals surface area contributed by atoms with Gasteiger partial charge in [0.1, 0.15) is 23.7 Å². The van der Waals surface area contributed by atoms with Crippen LogP contribution in [0.25, 0.3) is 0 Å². The molecule has 4 amide bonds. The Morgan fingerprint density at radius 3 is 1.57 bits per heavy atom. The first-order chi connectivity index (χ1) is 28.5. The van der Waals surface area contributed by atoms with Crippen molar-refractivity contribution < 1.29 is 46.8 Å². The fraction of sp³-hybridized carbons (Fsp3) is 0.489. The summed E-state index contributed by atoms with van der Waals surface area (Å²) >= 11 is 0. The highest BCUT2D eigenvalue weighted by atomic mass is 31.2. The zero-order valence-electron chi connectivity index (χ0n) is 35.7. The van der Waals surface area contributed by atoms with Gasteiger partial charge in [0.15, 0.2) is 5.78 Å². The summed E-state index contributed by atoms with van der Waals surface area (Å²) in [5.41, 5.74) is 1.27. The molecule has 4 rings (SSSR count). The molecule has 3 aromatic carbocycles. The van der Waals surface area contributed by atoms with Crippen LogP contribution < -0.4 is 21.3 Å². The number of phosphoric acid groups is 1. The molecule has 6 atom stereocenters. The molecule has 4 N–H and O–H groups in total. The smallest absolute Gasteiger partial charge is 0.361 e. The van der Waals surface area contributed by atoms with E-state index in [1.807, 2.05) is 70.2 Å². The van der Waals surface area contributed by atoms with Crippen molar-refractivity contribution in [2.45, 2.75) is 123 Å². The molecular formula is C45H61N4O10P. The van der Waals surface area contributed by atoms with Gasteiger partial charge in [0, 0.05) is 6.92 Å². The molecule has 0 saturated carbocycles. The quantitative estimate of drug-likeness (QED) is 0.0584. The number of phosphoric ester groups is 1. The number of epoxide rings is 1. The molecule has 15 heteroatoms. The van der Waals surface area contributed by atoms with Gasteiger partial charge in [0.05, 0.1) is 32.0 Å². The summed E-state index contributed by atoms with van der Waals surface area (Å²) in [6.45, 7) is 11.8. The van der Waals surface area contributed by atoms with Gasteiger partial charge in [-0.3, -0.25) is 37.5 Å². The number of ketones is 1. The highest BCUT2D eigenvalue weighted by molar-refractivity contribution is 7.48. The lowest BCUT2D eigenvalue weighted by atomic mass is 9.93. The lowest BCUT2D eigenvalue weighted by Gasteiger charge is -2.31. The minimum absolute atomic E-state index is 0.00890. The molecule has 1 fully saturated rings. The Balaban J connectivity index is 1.63. The molecule has 0 bridgehead atoms. The minimum Gasteiger partial charge on any atom is -0.361 e. The summed E-state index contributed by atoms with van der Waals surface area (Å²) in [4.78, 5) is 68.4. The van der Waals surface area contributed by atoms with Gasteiger partial charge in [0.2, 0.25) is 23.6 Å². The van der Waals surface area contributed by atoms with Crippen molar-refractivity contribution in [2.24, 2.45) is 11.8 Å². The number of Topliss-reactive ketones (excluding diaryl/α,β-unsaturated/α-hetero) is 1. The molecule has 1 aliphatic rings. The van der Waals surface area contributed by atoms with E-state index >= 15 is 0 Å². The van der Waals surface area contributed by atoms with Gasteiger partial charge in [-0.15, -0.1) is 0 Å². The number of aryl methyl sites for hydroxylation is 1. The lowest BCUT2D eigenvalue weighted by Crippen LogP contribution is -2.61. The number of carbonyl (C=O) groups is 5. The lowest BCUT2D eigenvalue weighted by molar-refractivity contribution is -0.136. The third kappa shape index (κ3) is 15.7. The zero-order valence-corrected chi connectivity index (χ0v) is 36.6. The number of nitrogens with one attached hydrogen (secondary N) is 4. The van der Waals surface area contributed by atoms with Crippen molar-refractivity contribution in [1.29, 1.82) is 0 Å². The Kier molecular flexibility index (Phi) is 18.2. The maximum Gasteiger partial charge on any atom is 0.475 e. The topological polar surface area (TPSA) is 191 Å². The fourth-order valence-corrected chi connectivity index (χ4v) is 7.84. The number of carbonyl (C=O) groups excluding carboxylic acids is 5. The van der Waals surface area contributed by atoms with Crippen LogP contribution in [0.3, 0.4) is 0 Å². The van der Waals surface area contributed by atoms with E-state index in [1.165, 1.54) is 13.8 Å². The highest BCUT2D eigenvalue weighted by Crippen LogP contribution is 2.52. The van der Waals surface area contributed by atoms with E-state index in [2.05, 4.69) is 21.3 Å². The summed E-state index contributed by atoms with van der Waals surface area (Å²) in [5, 5.41) is 11.0. The molecule has 1 aliphatic heterocycles. The summed E-state index contributed by atoms with van der Waals surface area (Å²) < 4.78 is 37.6. The summed E-state index contributed by atoms with van der Waals surface area (Å²) in [7, 11) is -4.49. The van der Waals surface area contributed by atoms with Crippen molar-refractivity contribution in [2.75, 3.05) is 6.61 Å². The fourth-order valence-electron chi connectivity index (χ4n) is 6.50. The van der Waals surface area contributed by atoms with Crippen molar-refractivity contribution >= 4 is 37.2 Å². The van der Waals surface area contributed by atoms with E-state index in [0.29, 0.717) is 17.5 Å². The van der Waals surface area contributed by atoms with Crippen LogP contribution in [-0.2, 0) is 66.5 Å². The predicted molar refractivity (Wildman–Crippen MR) is 227 cm³/mol. The van der Waals surface area contributed by atoms with Gasteiger partial charge in [-0.05, 0) is 68.1 Å². The summed E-state index contributed by atoms with van der Waals surface area (Å²) in [6, 6.07) is 22.7. The molecular weight excluding hydrogens is 787 g/mol. The molecule has 1 heterocycles. The first kappa shape index (κ1) is 48.0. The predicted octanol–water partition coefficient (Wildman–Crippen LogP) is 5.98. The second kappa shape index (κ2) is 22.8. The second-order valence-corrected chi connectivity index (χ2v) is 17.9. The van der Waals surface area contributed by atoms with E-state index in [0.717, 1.165) is 5.56 Å². The van der Waals surface area contributed by atoms with Gasteiger partial charge < -0.3 is 26.0 Å². The van der Waals surface area contributed by atoms with Crippen molar-refractivity contribution in [3.05, 3.63) is 108 Å². The molecule has 0 spiro atoms. The van der Waals surface area contributed by atoms with Crippen LogP contribution in [0.1, 0.15) is 84.4 Å². The molecule has 3 aromatic rings. The van der Waals surface area contributed by atoms with E-state index in [4.69, 9.17) is 18.3 Å². The Labute approximate surface area is 353 Å². The zero-order chi connectivity index (χ0) is 43.9. The van der Waals surface area contributed by atoms with E-state index in [1.54, 1.807) is 55.5 Å². The van der Waals surface area contributed by atoms with Gasteiger partial charge in [-0.2, -0.15) is 0 Å². The Bertz CT molecular complexity index is 1860. The number of hydrogen-bond acceptors (Lipinski definition) is 10. The standard InChI is InChI=1S/C45H61N4O10P/c1-30(2)25-38(41(51)45(7)29-56-45)47-44(54)40(32(5)59-60(55,57-27-35-19-13-9-14-20-35)58-28-36-21-15-10-16-22-36)49-43(53)39(26-31(3)4)48-42(52)37(46-33(6)50)24-23-34-17-11-8-12-18-34/h8-22,30-32,37-40H,23-29H2,1-7H3,(H,46,50)(H,47,54)(H,48,52)(H,49,53)/t32-,37+,38+,39+,40+,45-/m1/s1. The molecule has 0 aliphatic carbocycles. The average Bonchev–Trinajstić information content (AvgIpc) is 3.97. The molecule has 0 unspecified atom stereocenters. The van der Waals surface area contributed by atoms with E-state index in [-0.39, 0.29) is 56.7 Å². The molecule has 0 radical (unpaired) electrons. The van der Waals surface area contributed by atoms with Crippen LogP contribution >= 0.6 is 7.82 Å². The van der Waals surface area contributed by atoms with Crippen LogP contribution in [-0.4, -0.2) is 71.9 Å². The van der Waals surface area contributed by atoms with Gasteiger partial charge in [0.25, 0.3) is 0 Å². The first-order valence-electron chi connectivity index (χ1n) is 20.5. The summed E-state index contributed by atoms with van der Waals surface area (Å²) in [5.74, 6) is -2.98. The maximum absolute atomic E-state index is 14.5. The number of ether oxygens (including phenoxy) is 1. The van der Waals surface area contributed by atoms with Crippen LogP contribution in [0.5, 0.6) is 0 Å². The van der Waals surface area contributed by atoms with Crippen LogP contribution in [0, 0.1) is 11.8 Å². The SMILES string of the molecule is CC(=O)N[C@@H](CCc1ccccc1)C(=O)N[C@@H](CC(C)C)C(=O)N[C@H](C(=O)N[C@@H](CC(C)C)C(=O)[C@@]1(C)CO1)[C@@H](C)OP(=O)(OCc1ccccc1)OCc1ccccc1. The normalized spacial score (nSPS) is 17.5. The van der Waals surface area contributed by atoms with Crippen molar-refractivity contribution in [3.63, 3.8) is 0 Å². The third-order valence-electron chi connectivity index (χ3n) is 9.85. The average molecular weight is 849 g/mol. The molecule has 1 saturated heterocycles. The van der Waals surface area contributed by atoms with Gasteiger partial charge in [-0.25, -0.2) is 4.57 Å². The number of amides is 4. The van der Waals surface area contributed by atoms with Crippen molar-refractivity contribution in [3.8, 4) is 0 Å². The largest absolute Gasteiger partial charge is 0.475 e. The minimum atomic E-state index is -4.49. The van der Waals surface area contributed by atoms with E-state index in [9.17, 15) is 28.5 Å². The van der Waals surface area contributed by atoms with Gasteiger partial charge in [-0.1, -0.05) is 119 Å². The van der Waals surface area contributed by atoms with E-state index < -0.39 is 67.3 Å².